The molecule has 1 saturated heterocycles. The third kappa shape index (κ3) is 2.15. The molecule has 0 amide bonds. The van der Waals surface area contributed by atoms with E-state index in [-0.39, 0.29) is 11.8 Å². The molecule has 2 rings (SSSR count). The maximum atomic E-state index is 11.0. The van der Waals surface area contributed by atoms with Crippen molar-refractivity contribution in [2.75, 3.05) is 6.61 Å². The molecule has 0 aromatic heterocycles. The Balaban J connectivity index is 2.15. The molecule has 1 aromatic rings. The highest BCUT2D eigenvalue weighted by atomic mass is 16.5. The Hall–Kier alpha value is -1.19. The van der Waals surface area contributed by atoms with Crippen molar-refractivity contribution in [3.05, 3.63) is 35.9 Å². The third-order valence-electron chi connectivity index (χ3n) is 3.05. The predicted octanol–water partition coefficient (Wildman–Crippen LogP) is 1.82. The van der Waals surface area contributed by atoms with E-state index in [0.717, 1.165) is 12.8 Å². The number of rotatable bonds is 3. The highest BCUT2D eigenvalue weighted by Gasteiger charge is 2.40. The van der Waals surface area contributed by atoms with Crippen LogP contribution >= 0.6 is 0 Å². The lowest BCUT2D eigenvalue weighted by Gasteiger charge is -2.31. The molecule has 1 aliphatic heterocycles. The number of hydrogen-bond acceptors (Lipinski definition) is 3. The lowest BCUT2D eigenvalue weighted by molar-refractivity contribution is -0.113. The van der Waals surface area contributed by atoms with Gasteiger partial charge in [-0.1, -0.05) is 30.3 Å². The molecule has 0 spiro atoms. The molecular formula is C13H17NO2. The van der Waals surface area contributed by atoms with E-state index >= 15 is 0 Å². The molecule has 1 heterocycles. The van der Waals surface area contributed by atoms with Crippen molar-refractivity contribution in [2.45, 2.75) is 32.2 Å². The second-order valence-corrected chi connectivity index (χ2v) is 4.57. The summed E-state index contributed by atoms with van der Waals surface area (Å²) in [4.78, 5) is 13.1. The van der Waals surface area contributed by atoms with E-state index in [1.165, 1.54) is 5.56 Å². The van der Waals surface area contributed by atoms with Gasteiger partial charge in [0.05, 0.1) is 12.6 Å². The predicted molar refractivity (Wildman–Crippen MR) is 61.9 cm³/mol. The topological polar surface area (TPSA) is 29.5 Å². The highest BCUT2D eigenvalue weighted by molar-refractivity contribution is 5.58. The van der Waals surface area contributed by atoms with Gasteiger partial charge in [-0.2, -0.15) is 0 Å². The van der Waals surface area contributed by atoms with Gasteiger partial charge in [0.1, 0.15) is 12.0 Å². The Bertz CT molecular complexity index is 361. The van der Waals surface area contributed by atoms with Crippen LogP contribution in [-0.4, -0.2) is 29.6 Å². The van der Waals surface area contributed by atoms with E-state index in [0.29, 0.717) is 6.61 Å². The molecule has 0 radical (unpaired) electrons. The Morgan fingerprint density at radius 1 is 1.44 bits per heavy atom. The summed E-state index contributed by atoms with van der Waals surface area (Å²) in [5.41, 5.74) is 0.842. The Morgan fingerprint density at radius 3 is 2.75 bits per heavy atom. The van der Waals surface area contributed by atoms with Crippen molar-refractivity contribution in [3.63, 3.8) is 0 Å². The summed E-state index contributed by atoms with van der Waals surface area (Å²) >= 11 is 0. The largest absolute Gasteiger partial charge is 0.359 e. The van der Waals surface area contributed by atoms with Crippen LogP contribution in [0.2, 0.25) is 0 Å². The zero-order chi connectivity index (χ0) is 11.6. The molecular weight excluding hydrogens is 202 g/mol. The molecule has 0 bridgehead atoms. The Kier molecular flexibility index (Phi) is 3.08. The molecule has 86 valence electrons. The molecule has 1 fully saturated rings. The smallest absolute Gasteiger partial charge is 0.139 e. The van der Waals surface area contributed by atoms with Gasteiger partial charge in [-0.3, -0.25) is 4.90 Å². The molecule has 0 aliphatic carbocycles. The second kappa shape index (κ2) is 4.36. The molecule has 3 nitrogen and oxygen atoms in total. The summed E-state index contributed by atoms with van der Waals surface area (Å²) < 4.78 is 5.62. The summed E-state index contributed by atoms with van der Waals surface area (Å²) in [5, 5.41) is 0. The molecule has 0 N–H and O–H groups in total. The number of ether oxygens (including phenoxy) is 1. The van der Waals surface area contributed by atoms with Crippen LogP contribution in [0.1, 0.15) is 19.4 Å². The second-order valence-electron chi connectivity index (χ2n) is 4.57. The molecule has 1 atom stereocenters. The summed E-state index contributed by atoms with van der Waals surface area (Å²) in [7, 11) is 0. The van der Waals surface area contributed by atoms with Crippen LogP contribution in [-0.2, 0) is 16.1 Å². The standard InChI is InChI=1S/C13H17NO2/c1-13(2)14(12(9-15)10-16-13)8-11-6-4-3-5-7-11/h3-7,9,12H,8,10H2,1-2H3/t12-/m0/s1. The van der Waals surface area contributed by atoms with Gasteiger partial charge in [-0.25, -0.2) is 0 Å². The van der Waals surface area contributed by atoms with E-state index < -0.39 is 0 Å². The van der Waals surface area contributed by atoms with Gasteiger partial charge in [-0.15, -0.1) is 0 Å². The first kappa shape index (κ1) is 11.3. The average Bonchev–Trinajstić information content (AvgIpc) is 2.56. The molecule has 1 aromatic carbocycles. The quantitative estimate of drug-likeness (QED) is 0.726. The van der Waals surface area contributed by atoms with Crippen LogP contribution in [0.25, 0.3) is 0 Å². The summed E-state index contributed by atoms with van der Waals surface area (Å²) in [6, 6.07) is 10.0. The van der Waals surface area contributed by atoms with Crippen molar-refractivity contribution >= 4 is 6.29 Å². The first-order chi connectivity index (χ1) is 7.63. The Morgan fingerprint density at radius 2 is 2.12 bits per heavy atom. The van der Waals surface area contributed by atoms with Crippen LogP contribution in [0.4, 0.5) is 0 Å². The fourth-order valence-corrected chi connectivity index (χ4v) is 2.06. The number of nitrogens with zero attached hydrogens (tertiary/aromatic N) is 1. The fourth-order valence-electron chi connectivity index (χ4n) is 2.06. The third-order valence-corrected chi connectivity index (χ3v) is 3.05. The van der Waals surface area contributed by atoms with Gasteiger partial charge in [0.15, 0.2) is 0 Å². The van der Waals surface area contributed by atoms with Crippen molar-refractivity contribution < 1.29 is 9.53 Å². The van der Waals surface area contributed by atoms with Gasteiger partial charge < -0.3 is 9.53 Å². The molecule has 3 heteroatoms. The first-order valence-electron chi connectivity index (χ1n) is 5.53. The first-order valence-corrected chi connectivity index (χ1v) is 5.53. The van der Waals surface area contributed by atoms with E-state index in [4.69, 9.17) is 4.74 Å². The van der Waals surface area contributed by atoms with Gasteiger partial charge in [0.2, 0.25) is 0 Å². The Labute approximate surface area is 96.0 Å². The minimum absolute atomic E-state index is 0.129. The van der Waals surface area contributed by atoms with Crippen LogP contribution in [0, 0.1) is 0 Å². The maximum Gasteiger partial charge on any atom is 0.139 e. The fraction of sp³-hybridized carbons (Fsp3) is 0.462. The van der Waals surface area contributed by atoms with Gasteiger partial charge in [-0.05, 0) is 19.4 Å². The number of carbonyl (C=O) groups excluding carboxylic acids is 1. The zero-order valence-electron chi connectivity index (χ0n) is 9.72. The van der Waals surface area contributed by atoms with Gasteiger partial charge >= 0.3 is 0 Å². The van der Waals surface area contributed by atoms with E-state index in [1.807, 2.05) is 32.0 Å². The zero-order valence-corrected chi connectivity index (χ0v) is 9.72. The number of aldehydes is 1. The van der Waals surface area contributed by atoms with Crippen molar-refractivity contribution in [3.8, 4) is 0 Å². The summed E-state index contributed by atoms with van der Waals surface area (Å²) in [5.74, 6) is 0. The molecule has 0 unspecified atom stereocenters. The monoisotopic (exact) mass is 219 g/mol. The van der Waals surface area contributed by atoms with Crippen LogP contribution in [0.3, 0.4) is 0 Å². The normalized spacial score (nSPS) is 24.5. The molecule has 0 saturated carbocycles. The van der Waals surface area contributed by atoms with Gasteiger partial charge in [0.25, 0.3) is 0 Å². The van der Waals surface area contributed by atoms with Crippen LogP contribution in [0.15, 0.2) is 30.3 Å². The number of hydrogen-bond donors (Lipinski definition) is 0. The van der Waals surface area contributed by atoms with Gasteiger partial charge in [0, 0.05) is 6.54 Å². The SMILES string of the molecule is CC1(C)OC[C@H](C=O)N1Cc1ccccc1. The molecule has 16 heavy (non-hydrogen) atoms. The average molecular weight is 219 g/mol. The van der Waals surface area contributed by atoms with E-state index in [9.17, 15) is 4.79 Å². The molecule has 1 aliphatic rings. The lowest BCUT2D eigenvalue weighted by atomic mass is 10.1. The van der Waals surface area contributed by atoms with Crippen LogP contribution < -0.4 is 0 Å². The number of carbonyl (C=O) groups is 1. The minimum atomic E-state index is -0.360. The lowest BCUT2D eigenvalue weighted by Crippen LogP contribution is -2.43. The van der Waals surface area contributed by atoms with E-state index in [2.05, 4.69) is 17.0 Å². The van der Waals surface area contributed by atoms with Crippen molar-refractivity contribution in [1.82, 2.24) is 4.90 Å². The highest BCUT2D eigenvalue weighted by Crippen LogP contribution is 2.28. The summed E-state index contributed by atoms with van der Waals surface area (Å²) in [6.07, 6.45) is 0.970. The number of benzene rings is 1. The summed E-state index contributed by atoms with van der Waals surface area (Å²) in [6.45, 7) is 5.24. The van der Waals surface area contributed by atoms with E-state index in [1.54, 1.807) is 0 Å². The van der Waals surface area contributed by atoms with Crippen LogP contribution in [0.5, 0.6) is 0 Å². The maximum absolute atomic E-state index is 11.0. The van der Waals surface area contributed by atoms with Crippen molar-refractivity contribution in [2.24, 2.45) is 0 Å². The van der Waals surface area contributed by atoms with Crippen molar-refractivity contribution in [1.29, 1.82) is 0 Å². The minimum Gasteiger partial charge on any atom is -0.359 e.